The average molecular weight is 259 g/mol. The van der Waals surface area contributed by atoms with E-state index in [0.717, 1.165) is 11.1 Å². The highest BCUT2D eigenvalue weighted by Gasteiger charge is 2.29. The molecule has 0 bridgehead atoms. The van der Waals surface area contributed by atoms with Crippen molar-refractivity contribution in [3.63, 3.8) is 0 Å². The van der Waals surface area contributed by atoms with Gasteiger partial charge in [-0.1, -0.05) is 0 Å². The maximum Gasteiger partial charge on any atom is 0.310 e. The summed E-state index contributed by atoms with van der Waals surface area (Å²) < 4.78 is 13.4. The molecule has 0 aliphatic heterocycles. The van der Waals surface area contributed by atoms with Gasteiger partial charge < -0.3 is 5.11 Å². The molecule has 1 N–H and O–H groups in total. The minimum Gasteiger partial charge on any atom is -0.481 e. The van der Waals surface area contributed by atoms with Crippen LogP contribution in [-0.4, -0.2) is 11.1 Å². The van der Waals surface area contributed by atoms with E-state index in [9.17, 15) is 9.18 Å². The number of hydrogen-bond acceptors (Lipinski definition) is 1. The van der Waals surface area contributed by atoms with Crippen molar-refractivity contribution in [1.29, 1.82) is 0 Å². The largest absolute Gasteiger partial charge is 0.481 e. The molecule has 0 amide bonds. The lowest BCUT2D eigenvalue weighted by molar-refractivity contribution is -0.138. The molecule has 4 heteroatoms. The summed E-state index contributed by atoms with van der Waals surface area (Å²) >= 11 is 3.06. The summed E-state index contributed by atoms with van der Waals surface area (Å²) in [6, 6.07) is 3.00. The molecular formula is C10H8BrFO2. The zero-order valence-electron chi connectivity index (χ0n) is 7.26. The monoisotopic (exact) mass is 258 g/mol. The Hall–Kier alpha value is -0.900. The Labute approximate surface area is 88.9 Å². The fourth-order valence-electron chi connectivity index (χ4n) is 1.86. The van der Waals surface area contributed by atoms with Gasteiger partial charge in [0, 0.05) is 0 Å². The molecule has 2 rings (SSSR count). The van der Waals surface area contributed by atoms with E-state index in [1.165, 1.54) is 6.07 Å². The maximum atomic E-state index is 13.1. The molecule has 0 saturated carbocycles. The smallest absolute Gasteiger partial charge is 0.310 e. The van der Waals surface area contributed by atoms with Crippen molar-refractivity contribution in [2.75, 3.05) is 0 Å². The first-order chi connectivity index (χ1) is 6.59. The summed E-state index contributed by atoms with van der Waals surface area (Å²) in [6.07, 6.45) is 1.22. The lowest BCUT2D eigenvalue weighted by Gasteiger charge is -2.06. The number of rotatable bonds is 1. The van der Waals surface area contributed by atoms with E-state index >= 15 is 0 Å². The van der Waals surface area contributed by atoms with Crippen molar-refractivity contribution in [3.8, 4) is 0 Å². The Balaban J connectivity index is 2.50. The third kappa shape index (κ3) is 1.43. The molecule has 14 heavy (non-hydrogen) atoms. The zero-order chi connectivity index (χ0) is 10.3. The maximum absolute atomic E-state index is 13.1. The summed E-state index contributed by atoms with van der Waals surface area (Å²) in [6.45, 7) is 0. The Morgan fingerprint density at radius 2 is 2.29 bits per heavy atom. The molecule has 1 aliphatic rings. The number of aryl methyl sites for hydroxylation is 1. The van der Waals surface area contributed by atoms with Gasteiger partial charge in [-0.05, 0) is 52.0 Å². The van der Waals surface area contributed by atoms with Crippen LogP contribution in [0, 0.1) is 5.82 Å². The molecule has 74 valence electrons. The number of carboxylic acids is 1. The van der Waals surface area contributed by atoms with Gasteiger partial charge in [0.25, 0.3) is 0 Å². The van der Waals surface area contributed by atoms with Crippen LogP contribution in [0.2, 0.25) is 0 Å². The van der Waals surface area contributed by atoms with E-state index in [2.05, 4.69) is 15.9 Å². The minimum absolute atomic E-state index is 0.324. The van der Waals surface area contributed by atoms with Crippen LogP contribution in [0.1, 0.15) is 23.5 Å². The second-order valence-corrected chi connectivity index (χ2v) is 4.25. The molecule has 0 saturated heterocycles. The summed E-state index contributed by atoms with van der Waals surface area (Å²) in [5.41, 5.74) is 1.56. The van der Waals surface area contributed by atoms with Crippen molar-refractivity contribution in [2.24, 2.45) is 0 Å². The van der Waals surface area contributed by atoms with Gasteiger partial charge in [-0.3, -0.25) is 4.79 Å². The number of aliphatic carboxylic acids is 1. The van der Waals surface area contributed by atoms with Gasteiger partial charge in [-0.2, -0.15) is 0 Å². The van der Waals surface area contributed by atoms with Gasteiger partial charge in [0.15, 0.2) is 0 Å². The summed E-state index contributed by atoms with van der Waals surface area (Å²) in [5.74, 6) is -1.63. The van der Waals surface area contributed by atoms with E-state index < -0.39 is 11.9 Å². The molecule has 0 radical (unpaired) electrons. The predicted molar refractivity (Wildman–Crippen MR) is 52.8 cm³/mol. The highest BCUT2D eigenvalue weighted by molar-refractivity contribution is 9.10. The number of halogens is 2. The minimum atomic E-state index is -0.831. The molecule has 0 fully saturated rings. The fourth-order valence-corrected chi connectivity index (χ4v) is 2.22. The number of carbonyl (C=O) groups is 1. The summed E-state index contributed by atoms with van der Waals surface area (Å²) in [5, 5.41) is 8.91. The Morgan fingerprint density at radius 3 is 2.93 bits per heavy atom. The molecule has 1 aromatic rings. The van der Waals surface area contributed by atoms with Gasteiger partial charge >= 0.3 is 5.97 Å². The number of hydrogen-bond donors (Lipinski definition) is 1. The van der Waals surface area contributed by atoms with E-state index in [-0.39, 0.29) is 5.82 Å². The number of benzene rings is 1. The standard InChI is InChI=1S/C10H8BrFO2/c11-8-4-7-5(3-9(8)12)1-2-6(7)10(13)14/h3-4,6H,1-2H2,(H,13,14). The quantitative estimate of drug-likeness (QED) is 0.841. The molecule has 0 heterocycles. The highest BCUT2D eigenvalue weighted by atomic mass is 79.9. The molecule has 2 nitrogen and oxygen atoms in total. The SMILES string of the molecule is O=C(O)C1CCc2cc(F)c(Br)cc21. The van der Waals surface area contributed by atoms with E-state index in [1.807, 2.05) is 0 Å². The first-order valence-electron chi connectivity index (χ1n) is 4.30. The fraction of sp³-hybridized carbons (Fsp3) is 0.300. The molecule has 1 atom stereocenters. The van der Waals surface area contributed by atoms with Crippen LogP contribution in [0.25, 0.3) is 0 Å². The van der Waals surface area contributed by atoms with E-state index in [4.69, 9.17) is 5.11 Å². The van der Waals surface area contributed by atoms with Crippen molar-refractivity contribution in [3.05, 3.63) is 33.5 Å². The van der Waals surface area contributed by atoms with Crippen LogP contribution >= 0.6 is 15.9 Å². The lowest BCUT2D eigenvalue weighted by atomic mass is 10.0. The summed E-state index contributed by atoms with van der Waals surface area (Å²) in [4.78, 5) is 10.9. The van der Waals surface area contributed by atoms with Crippen LogP contribution in [0.15, 0.2) is 16.6 Å². The number of fused-ring (bicyclic) bond motifs is 1. The summed E-state index contributed by atoms with van der Waals surface area (Å²) in [7, 11) is 0. The molecule has 0 aromatic heterocycles. The van der Waals surface area contributed by atoms with Crippen molar-refractivity contribution >= 4 is 21.9 Å². The topological polar surface area (TPSA) is 37.3 Å². The molecule has 1 aromatic carbocycles. The highest BCUT2D eigenvalue weighted by Crippen LogP contribution is 2.36. The van der Waals surface area contributed by atoms with E-state index in [0.29, 0.717) is 17.3 Å². The molecular weight excluding hydrogens is 251 g/mol. The first-order valence-corrected chi connectivity index (χ1v) is 5.09. The molecule has 0 spiro atoms. The van der Waals surface area contributed by atoms with Crippen molar-refractivity contribution in [2.45, 2.75) is 18.8 Å². The Morgan fingerprint density at radius 1 is 1.57 bits per heavy atom. The van der Waals surface area contributed by atoms with Crippen LogP contribution in [0.5, 0.6) is 0 Å². The molecule has 1 aliphatic carbocycles. The van der Waals surface area contributed by atoms with Gasteiger partial charge in [0.05, 0.1) is 10.4 Å². The average Bonchev–Trinajstić information content (AvgIpc) is 2.48. The predicted octanol–water partition coefficient (Wildman–Crippen LogP) is 2.70. The van der Waals surface area contributed by atoms with Gasteiger partial charge in [0.2, 0.25) is 0 Å². The van der Waals surface area contributed by atoms with Crippen LogP contribution < -0.4 is 0 Å². The van der Waals surface area contributed by atoms with Gasteiger partial charge in [-0.25, -0.2) is 4.39 Å². The third-order valence-electron chi connectivity index (χ3n) is 2.56. The number of carboxylic acid groups (broad SMARTS) is 1. The lowest BCUT2D eigenvalue weighted by Crippen LogP contribution is -2.07. The van der Waals surface area contributed by atoms with Crippen molar-refractivity contribution < 1.29 is 14.3 Å². The second kappa shape index (κ2) is 3.35. The first kappa shape index (κ1) is 9.65. The van der Waals surface area contributed by atoms with Crippen molar-refractivity contribution in [1.82, 2.24) is 0 Å². The molecule has 1 unspecified atom stereocenters. The van der Waals surface area contributed by atoms with Crippen LogP contribution in [0.4, 0.5) is 4.39 Å². The van der Waals surface area contributed by atoms with Gasteiger partial charge in [-0.15, -0.1) is 0 Å². The Bertz CT molecular complexity index is 403. The normalized spacial score (nSPS) is 19.4. The van der Waals surface area contributed by atoms with Crippen LogP contribution in [0.3, 0.4) is 0 Å². The third-order valence-corrected chi connectivity index (χ3v) is 3.17. The zero-order valence-corrected chi connectivity index (χ0v) is 8.84. The van der Waals surface area contributed by atoms with Crippen LogP contribution in [-0.2, 0) is 11.2 Å². The Kier molecular flexibility index (Phi) is 2.31. The van der Waals surface area contributed by atoms with Gasteiger partial charge in [0.1, 0.15) is 5.82 Å². The van der Waals surface area contributed by atoms with E-state index in [1.54, 1.807) is 6.07 Å². The second-order valence-electron chi connectivity index (χ2n) is 3.39.